The molecule has 1 saturated heterocycles. The van der Waals surface area contributed by atoms with Gasteiger partial charge in [-0.05, 0) is 25.5 Å². The first kappa shape index (κ1) is 18.1. The molecule has 3 heterocycles. The number of nitrogens with one attached hydrogen (secondary N) is 1. The number of nitrogens with zero attached hydrogens (tertiary/aromatic N) is 4. The van der Waals surface area contributed by atoms with E-state index in [1.807, 2.05) is 0 Å². The zero-order valence-electron chi connectivity index (χ0n) is 15.3. The smallest absolute Gasteiger partial charge is 0.339 e. The van der Waals surface area contributed by atoms with Gasteiger partial charge in [-0.25, -0.2) is 14.8 Å². The van der Waals surface area contributed by atoms with Crippen LogP contribution in [-0.4, -0.2) is 71.4 Å². The first-order chi connectivity index (χ1) is 12.5. The first-order valence-corrected chi connectivity index (χ1v) is 8.56. The van der Waals surface area contributed by atoms with Crippen molar-refractivity contribution in [2.45, 2.75) is 13.8 Å². The number of carbonyl (C=O) groups is 2. The molecule has 2 aromatic rings. The number of carbonyl (C=O) groups excluding carboxylic acids is 2. The fraction of sp³-hybridized carbons (Fsp3) is 0.444. The lowest BCUT2D eigenvalue weighted by Gasteiger charge is -2.34. The third kappa shape index (κ3) is 3.60. The van der Waals surface area contributed by atoms with E-state index in [0.717, 1.165) is 32.1 Å². The molecule has 0 saturated carbocycles. The molecule has 0 aromatic carbocycles. The summed E-state index contributed by atoms with van der Waals surface area (Å²) < 4.78 is 4.80. The minimum Gasteiger partial charge on any atom is -0.465 e. The Labute approximate surface area is 152 Å². The van der Waals surface area contributed by atoms with Gasteiger partial charge in [0.15, 0.2) is 5.78 Å². The lowest BCUT2D eigenvalue weighted by Crippen LogP contribution is -2.48. The van der Waals surface area contributed by atoms with E-state index in [0.29, 0.717) is 29.1 Å². The van der Waals surface area contributed by atoms with Crippen molar-refractivity contribution in [2.75, 3.05) is 44.7 Å². The van der Waals surface area contributed by atoms with E-state index in [1.54, 1.807) is 32.3 Å². The van der Waals surface area contributed by atoms with Crippen LogP contribution in [0.4, 0.5) is 5.95 Å². The maximum Gasteiger partial charge on any atom is 0.339 e. The second-order valence-corrected chi connectivity index (χ2v) is 6.35. The van der Waals surface area contributed by atoms with E-state index < -0.39 is 5.97 Å². The molecule has 8 nitrogen and oxygen atoms in total. The number of piperazine rings is 1. The molecule has 3 rings (SSSR count). The summed E-state index contributed by atoms with van der Waals surface area (Å²) >= 11 is 0. The standard InChI is InChI=1S/C18H23N5O3/c1-12-15(17(25)26-3)13(2)21-16(12)14(24)11-22-7-9-23(10-8-22)18-19-5-4-6-20-18/h4-6,21H,7-11H2,1-3H3. The normalized spacial score (nSPS) is 15.1. The molecule has 0 unspecified atom stereocenters. The van der Waals surface area contributed by atoms with Crippen molar-refractivity contribution in [3.63, 3.8) is 0 Å². The molecule has 1 fully saturated rings. The highest BCUT2D eigenvalue weighted by Gasteiger charge is 2.25. The molecule has 0 radical (unpaired) electrons. The van der Waals surface area contributed by atoms with E-state index in [-0.39, 0.29) is 5.78 Å². The van der Waals surface area contributed by atoms with Crippen LogP contribution in [0.2, 0.25) is 0 Å². The number of ketones is 1. The van der Waals surface area contributed by atoms with E-state index in [1.165, 1.54) is 7.11 Å². The number of methoxy groups -OCH3 is 1. The number of H-pyrrole nitrogens is 1. The minimum atomic E-state index is -0.424. The average molecular weight is 357 g/mol. The van der Waals surface area contributed by atoms with Gasteiger partial charge in [-0.15, -0.1) is 0 Å². The Morgan fingerprint density at radius 2 is 1.81 bits per heavy atom. The molecule has 0 aliphatic carbocycles. The van der Waals surface area contributed by atoms with Gasteiger partial charge in [0, 0.05) is 44.3 Å². The summed E-state index contributed by atoms with van der Waals surface area (Å²) in [5.74, 6) is 0.272. The maximum absolute atomic E-state index is 12.7. The van der Waals surface area contributed by atoms with Crippen molar-refractivity contribution in [1.82, 2.24) is 19.9 Å². The second-order valence-electron chi connectivity index (χ2n) is 6.35. The van der Waals surface area contributed by atoms with Gasteiger partial charge in [0.05, 0.1) is 24.9 Å². The predicted molar refractivity (Wildman–Crippen MR) is 96.6 cm³/mol. The summed E-state index contributed by atoms with van der Waals surface area (Å²) in [6, 6.07) is 1.79. The molecule has 8 heteroatoms. The van der Waals surface area contributed by atoms with Crippen LogP contribution in [0.5, 0.6) is 0 Å². The van der Waals surface area contributed by atoms with Crippen LogP contribution in [0.25, 0.3) is 0 Å². The molecule has 26 heavy (non-hydrogen) atoms. The monoisotopic (exact) mass is 357 g/mol. The van der Waals surface area contributed by atoms with Crippen molar-refractivity contribution in [3.05, 3.63) is 41.0 Å². The number of anilines is 1. The summed E-state index contributed by atoms with van der Waals surface area (Å²) in [4.78, 5) is 40.4. The Morgan fingerprint density at radius 3 is 2.42 bits per heavy atom. The summed E-state index contributed by atoms with van der Waals surface area (Å²) in [6.07, 6.45) is 3.46. The van der Waals surface area contributed by atoms with Crippen LogP contribution >= 0.6 is 0 Å². The van der Waals surface area contributed by atoms with Gasteiger partial charge in [-0.1, -0.05) is 0 Å². The highest BCUT2D eigenvalue weighted by Crippen LogP contribution is 2.20. The van der Waals surface area contributed by atoms with Crippen LogP contribution < -0.4 is 4.90 Å². The van der Waals surface area contributed by atoms with Crippen LogP contribution in [-0.2, 0) is 4.74 Å². The second kappa shape index (κ2) is 7.65. The zero-order valence-corrected chi connectivity index (χ0v) is 15.3. The Bertz CT molecular complexity index is 795. The number of hydrogen-bond acceptors (Lipinski definition) is 7. The summed E-state index contributed by atoms with van der Waals surface area (Å²) in [6.45, 7) is 6.91. The van der Waals surface area contributed by atoms with Crippen LogP contribution in [0.3, 0.4) is 0 Å². The summed E-state index contributed by atoms with van der Waals surface area (Å²) in [5.41, 5.74) is 2.23. The molecule has 1 aliphatic rings. The van der Waals surface area contributed by atoms with Crippen LogP contribution in [0, 0.1) is 13.8 Å². The fourth-order valence-electron chi connectivity index (χ4n) is 3.28. The molecule has 1 aliphatic heterocycles. The number of ether oxygens (including phenoxy) is 1. The molecule has 0 spiro atoms. The molecule has 2 aromatic heterocycles. The molecular formula is C18H23N5O3. The lowest BCUT2D eigenvalue weighted by atomic mass is 10.1. The molecule has 0 amide bonds. The van der Waals surface area contributed by atoms with Crippen molar-refractivity contribution in [1.29, 1.82) is 0 Å². The SMILES string of the molecule is COC(=O)c1c(C)[nH]c(C(=O)CN2CCN(c3ncccn3)CC2)c1C. The number of aromatic nitrogens is 3. The molecule has 1 N–H and O–H groups in total. The third-order valence-electron chi connectivity index (χ3n) is 4.68. The summed E-state index contributed by atoms with van der Waals surface area (Å²) in [7, 11) is 1.34. The lowest BCUT2D eigenvalue weighted by molar-refractivity contribution is 0.0599. The van der Waals surface area contributed by atoms with Gasteiger partial charge >= 0.3 is 5.97 Å². The van der Waals surface area contributed by atoms with Gasteiger partial charge in [0.25, 0.3) is 0 Å². The average Bonchev–Trinajstić information content (AvgIpc) is 2.97. The number of aromatic amines is 1. The first-order valence-electron chi connectivity index (χ1n) is 8.56. The number of esters is 1. The van der Waals surface area contributed by atoms with Crippen LogP contribution in [0.15, 0.2) is 18.5 Å². The van der Waals surface area contributed by atoms with E-state index in [4.69, 9.17) is 4.74 Å². The maximum atomic E-state index is 12.7. The van der Waals surface area contributed by atoms with E-state index in [2.05, 4.69) is 24.8 Å². The van der Waals surface area contributed by atoms with Gasteiger partial charge in [0.2, 0.25) is 5.95 Å². The van der Waals surface area contributed by atoms with Crippen LogP contribution in [0.1, 0.15) is 32.1 Å². The Kier molecular flexibility index (Phi) is 5.32. The van der Waals surface area contributed by atoms with Gasteiger partial charge in [0.1, 0.15) is 0 Å². The molecule has 0 bridgehead atoms. The number of Topliss-reactive ketones (excluding diaryl/α,β-unsaturated/α-hetero) is 1. The number of hydrogen-bond donors (Lipinski definition) is 1. The predicted octanol–water partition coefficient (Wildman–Crippen LogP) is 1.21. The Balaban J connectivity index is 1.62. The van der Waals surface area contributed by atoms with E-state index in [9.17, 15) is 9.59 Å². The fourth-order valence-corrected chi connectivity index (χ4v) is 3.28. The number of aryl methyl sites for hydroxylation is 1. The molecular weight excluding hydrogens is 334 g/mol. The Morgan fingerprint density at radius 1 is 1.15 bits per heavy atom. The highest BCUT2D eigenvalue weighted by atomic mass is 16.5. The largest absolute Gasteiger partial charge is 0.465 e. The minimum absolute atomic E-state index is 0.0230. The van der Waals surface area contributed by atoms with Gasteiger partial charge in [-0.2, -0.15) is 0 Å². The summed E-state index contributed by atoms with van der Waals surface area (Å²) in [5, 5.41) is 0. The van der Waals surface area contributed by atoms with Gasteiger partial charge in [-0.3, -0.25) is 9.69 Å². The quantitative estimate of drug-likeness (QED) is 0.635. The number of rotatable bonds is 5. The van der Waals surface area contributed by atoms with Gasteiger partial charge < -0.3 is 14.6 Å². The third-order valence-corrected chi connectivity index (χ3v) is 4.68. The molecule has 0 atom stereocenters. The van der Waals surface area contributed by atoms with E-state index >= 15 is 0 Å². The van der Waals surface area contributed by atoms with Crippen molar-refractivity contribution in [2.24, 2.45) is 0 Å². The highest BCUT2D eigenvalue weighted by molar-refractivity contribution is 6.02. The Hall–Kier alpha value is -2.74. The topological polar surface area (TPSA) is 91.4 Å². The van der Waals surface area contributed by atoms with Crippen molar-refractivity contribution >= 4 is 17.7 Å². The zero-order chi connectivity index (χ0) is 18.7. The molecule has 138 valence electrons. The van der Waals surface area contributed by atoms with Crippen molar-refractivity contribution in [3.8, 4) is 0 Å². The van der Waals surface area contributed by atoms with Crippen molar-refractivity contribution < 1.29 is 14.3 Å².